The fourth-order valence-corrected chi connectivity index (χ4v) is 2.52. The average molecular weight is 296 g/mol. The van der Waals surface area contributed by atoms with E-state index in [1.54, 1.807) is 6.07 Å². The Bertz CT molecular complexity index is 411. The van der Waals surface area contributed by atoms with Gasteiger partial charge in [-0.25, -0.2) is 0 Å². The Hall–Kier alpha value is 0.511. The summed E-state index contributed by atoms with van der Waals surface area (Å²) in [5.41, 5.74) is -0.615. The van der Waals surface area contributed by atoms with Crippen molar-refractivity contribution in [3.05, 3.63) is 24.3 Å². The first-order valence-corrected chi connectivity index (χ1v) is 6.42. The number of para-hydroxylation sites is 1. The zero-order valence-corrected chi connectivity index (χ0v) is 14.5. The molecule has 1 aromatic rings. The Kier molecular flexibility index (Phi) is 6.93. The summed E-state index contributed by atoms with van der Waals surface area (Å²) in [4.78, 5) is 0. The molecule has 1 aliphatic rings. The van der Waals surface area contributed by atoms with Gasteiger partial charge in [0, 0.05) is 0 Å². The molecule has 0 heterocycles. The number of rotatable bonds is 3. The molecule has 0 bridgehead atoms. The van der Waals surface area contributed by atoms with Crippen LogP contribution in [0.2, 0.25) is 0 Å². The van der Waals surface area contributed by atoms with Gasteiger partial charge < -0.3 is 17.7 Å². The molecule has 0 spiro atoms. The predicted octanol–water partition coefficient (Wildman–Crippen LogP) is 0.702. The second-order valence-electron chi connectivity index (χ2n) is 5.12. The molecule has 1 saturated carbocycles. The van der Waals surface area contributed by atoms with Crippen LogP contribution in [0.3, 0.4) is 0 Å². The third-order valence-electron chi connectivity index (χ3n) is 3.45. The second kappa shape index (κ2) is 7.50. The Labute approximate surface area is 154 Å². The number of hydrogen-bond acceptors (Lipinski definition) is 1. The van der Waals surface area contributed by atoms with E-state index in [2.05, 4.69) is 6.92 Å². The maximum absolute atomic E-state index is 12.9. The number of ether oxygens (including phenoxy) is 1. The van der Waals surface area contributed by atoms with Gasteiger partial charge in [-0.3, -0.25) is 0 Å². The van der Waals surface area contributed by atoms with Crippen LogP contribution in [0, 0.1) is 5.92 Å². The molecule has 19 heavy (non-hydrogen) atoms. The molecule has 0 aliphatic heterocycles. The van der Waals surface area contributed by atoms with Crippen LogP contribution in [0.4, 0.5) is 12.9 Å². The van der Waals surface area contributed by atoms with Crippen LogP contribution in [0.5, 0.6) is 5.75 Å². The van der Waals surface area contributed by atoms with E-state index in [4.69, 9.17) is 4.74 Å². The van der Waals surface area contributed by atoms with E-state index in [1.165, 1.54) is 12.1 Å². The molecule has 2 unspecified atom stereocenters. The van der Waals surface area contributed by atoms with E-state index < -0.39 is 12.4 Å². The molecule has 1 aliphatic carbocycles. The normalized spacial score (nSPS) is 23.6. The van der Waals surface area contributed by atoms with Crippen LogP contribution < -0.4 is 61.6 Å². The summed E-state index contributed by atoms with van der Waals surface area (Å²) in [6.07, 6.45) is 3.80. The SMILES string of the molecule is CC1CCCC(Oc2ccccc2[B-](F)(F)F)C1.[K+]. The van der Waals surface area contributed by atoms with Gasteiger partial charge >= 0.3 is 58.4 Å². The zero-order chi connectivity index (χ0) is 13.2. The van der Waals surface area contributed by atoms with Crippen molar-refractivity contribution in [1.29, 1.82) is 0 Å². The maximum Gasteiger partial charge on any atom is 1.00 e. The summed E-state index contributed by atoms with van der Waals surface area (Å²) in [5.74, 6) is 0.524. The van der Waals surface area contributed by atoms with E-state index in [9.17, 15) is 12.9 Å². The monoisotopic (exact) mass is 296 g/mol. The summed E-state index contributed by atoms with van der Waals surface area (Å²) in [6.45, 7) is -2.88. The van der Waals surface area contributed by atoms with Crippen molar-refractivity contribution in [2.24, 2.45) is 5.92 Å². The molecule has 0 N–H and O–H groups in total. The summed E-state index contributed by atoms with van der Waals surface area (Å²) in [5, 5.41) is 0. The number of halogens is 3. The van der Waals surface area contributed by atoms with E-state index in [0.29, 0.717) is 5.92 Å². The van der Waals surface area contributed by atoms with Gasteiger partial charge in [-0.1, -0.05) is 37.0 Å². The largest absolute Gasteiger partial charge is 1.00 e. The second-order valence-corrected chi connectivity index (χ2v) is 5.12. The standard InChI is InChI=1S/C13H17BF3O.K/c1-10-5-4-6-11(9-10)18-13-8-3-2-7-12(13)14(15,16)17;/h2-3,7-8,10-11H,4-6,9H2,1H3;/q-1;+1. The molecule has 0 radical (unpaired) electrons. The molecule has 1 fully saturated rings. The minimum Gasteiger partial charge on any atom is -0.493 e. The first kappa shape index (κ1) is 17.6. The van der Waals surface area contributed by atoms with Crippen molar-refractivity contribution in [2.75, 3.05) is 0 Å². The molecule has 0 saturated heterocycles. The van der Waals surface area contributed by atoms with Gasteiger partial charge in [-0.05, 0) is 31.2 Å². The fraction of sp³-hybridized carbons (Fsp3) is 0.538. The topological polar surface area (TPSA) is 9.23 Å². The van der Waals surface area contributed by atoms with E-state index in [0.717, 1.165) is 31.7 Å². The van der Waals surface area contributed by atoms with Crippen LogP contribution in [0.15, 0.2) is 24.3 Å². The number of benzene rings is 1. The summed E-state index contributed by atoms with van der Waals surface area (Å²) >= 11 is 0. The predicted molar refractivity (Wildman–Crippen MR) is 67.2 cm³/mol. The van der Waals surface area contributed by atoms with Gasteiger partial charge in [0.05, 0.1) is 11.9 Å². The van der Waals surface area contributed by atoms with Gasteiger partial charge in [-0.15, -0.1) is 0 Å². The first-order valence-electron chi connectivity index (χ1n) is 6.42. The van der Waals surface area contributed by atoms with Crippen LogP contribution >= 0.6 is 0 Å². The van der Waals surface area contributed by atoms with Gasteiger partial charge in [0.1, 0.15) is 0 Å². The Morgan fingerprint density at radius 1 is 1.16 bits per heavy atom. The van der Waals surface area contributed by atoms with Crippen LogP contribution in [-0.2, 0) is 0 Å². The molecule has 1 aromatic carbocycles. The van der Waals surface area contributed by atoms with E-state index >= 15 is 0 Å². The van der Waals surface area contributed by atoms with Crippen molar-refractivity contribution in [3.63, 3.8) is 0 Å². The smallest absolute Gasteiger partial charge is 0.493 e. The Morgan fingerprint density at radius 3 is 2.47 bits per heavy atom. The molecule has 0 amide bonds. The quantitative estimate of drug-likeness (QED) is 0.746. The van der Waals surface area contributed by atoms with Gasteiger partial charge in [0.15, 0.2) is 0 Å². The van der Waals surface area contributed by atoms with E-state index in [1.807, 2.05) is 0 Å². The van der Waals surface area contributed by atoms with Crippen molar-refractivity contribution in [1.82, 2.24) is 0 Å². The molecule has 2 rings (SSSR count). The molecule has 2 atom stereocenters. The van der Waals surface area contributed by atoms with Crippen LogP contribution in [0.1, 0.15) is 32.6 Å². The summed E-state index contributed by atoms with van der Waals surface area (Å²) < 4.78 is 44.2. The van der Waals surface area contributed by atoms with Crippen LogP contribution in [0.25, 0.3) is 0 Å². The summed E-state index contributed by atoms with van der Waals surface area (Å²) in [7, 11) is 0. The first-order chi connectivity index (χ1) is 8.47. The third kappa shape index (κ3) is 5.08. The van der Waals surface area contributed by atoms with Gasteiger partial charge in [-0.2, -0.15) is 0 Å². The van der Waals surface area contributed by atoms with Crippen LogP contribution in [-0.4, -0.2) is 13.1 Å². The van der Waals surface area contributed by atoms with Crippen molar-refractivity contribution < 1.29 is 69.1 Å². The maximum atomic E-state index is 12.9. The molecule has 6 heteroatoms. The summed E-state index contributed by atoms with van der Waals surface area (Å²) in [6, 6.07) is 5.51. The molecule has 0 aromatic heterocycles. The number of hydrogen-bond donors (Lipinski definition) is 0. The minimum atomic E-state index is -5.00. The van der Waals surface area contributed by atoms with Gasteiger partial charge in [0.25, 0.3) is 0 Å². The average Bonchev–Trinajstić information content (AvgIpc) is 2.28. The van der Waals surface area contributed by atoms with Gasteiger partial charge in [0.2, 0.25) is 0 Å². The van der Waals surface area contributed by atoms with Crippen molar-refractivity contribution >= 4 is 12.4 Å². The zero-order valence-electron chi connectivity index (χ0n) is 11.4. The minimum absolute atomic E-state index is 0. The molecule has 1 nitrogen and oxygen atoms in total. The van der Waals surface area contributed by atoms with E-state index in [-0.39, 0.29) is 63.2 Å². The molecule has 100 valence electrons. The molecular weight excluding hydrogens is 279 g/mol. The van der Waals surface area contributed by atoms with Crippen molar-refractivity contribution in [2.45, 2.75) is 38.7 Å². The third-order valence-corrected chi connectivity index (χ3v) is 3.45. The Balaban J connectivity index is 0.00000180. The van der Waals surface area contributed by atoms with Crippen molar-refractivity contribution in [3.8, 4) is 5.75 Å². The fourth-order valence-electron chi connectivity index (χ4n) is 2.52. The Morgan fingerprint density at radius 2 is 1.84 bits per heavy atom. The molecular formula is C13H17BF3KO.